The maximum Gasteiger partial charge on any atom is 0.128 e. The molecule has 3 aromatic heterocycles. The summed E-state index contributed by atoms with van der Waals surface area (Å²) in [6, 6.07) is 10.4. The summed E-state index contributed by atoms with van der Waals surface area (Å²) in [6.07, 6.45) is 10.1. The summed E-state index contributed by atoms with van der Waals surface area (Å²) in [5, 5.41) is 0. The van der Waals surface area contributed by atoms with Crippen molar-refractivity contribution in [3.63, 3.8) is 0 Å². The van der Waals surface area contributed by atoms with E-state index in [1.807, 2.05) is 30.7 Å². The Morgan fingerprint density at radius 3 is 2.75 bits per heavy atom. The lowest BCUT2D eigenvalue weighted by atomic mass is 9.97. The number of rotatable bonds is 6. The number of nitrogens with zero attached hydrogens (tertiary/aromatic N) is 6. The Morgan fingerprint density at radius 2 is 2.00 bits per heavy atom. The van der Waals surface area contributed by atoms with E-state index in [-0.39, 0.29) is 0 Å². The minimum Gasteiger partial charge on any atom is -0.356 e. The van der Waals surface area contributed by atoms with E-state index >= 15 is 0 Å². The fourth-order valence-corrected chi connectivity index (χ4v) is 3.94. The van der Waals surface area contributed by atoms with Crippen LogP contribution >= 0.6 is 0 Å². The zero-order chi connectivity index (χ0) is 19.3. The molecule has 28 heavy (non-hydrogen) atoms. The highest BCUT2D eigenvalue weighted by Crippen LogP contribution is 2.28. The molecule has 4 rings (SSSR count). The van der Waals surface area contributed by atoms with Gasteiger partial charge in [-0.15, -0.1) is 0 Å². The van der Waals surface area contributed by atoms with Gasteiger partial charge in [-0.2, -0.15) is 0 Å². The van der Waals surface area contributed by atoms with Gasteiger partial charge in [-0.25, -0.2) is 9.97 Å². The summed E-state index contributed by atoms with van der Waals surface area (Å²) in [5.41, 5.74) is 2.31. The average molecular weight is 377 g/mol. The van der Waals surface area contributed by atoms with Gasteiger partial charge in [0.1, 0.15) is 11.6 Å². The fraction of sp³-hybridized carbons (Fsp3) is 0.409. The molecule has 0 N–H and O–H groups in total. The van der Waals surface area contributed by atoms with Crippen LogP contribution in [0.15, 0.2) is 55.1 Å². The summed E-state index contributed by atoms with van der Waals surface area (Å²) in [6.45, 7) is 3.70. The molecule has 1 aliphatic rings. The van der Waals surface area contributed by atoms with E-state index in [0.717, 1.165) is 56.4 Å². The van der Waals surface area contributed by atoms with Gasteiger partial charge in [-0.1, -0.05) is 12.1 Å². The lowest BCUT2D eigenvalue weighted by molar-refractivity contribution is 0.402. The van der Waals surface area contributed by atoms with Crippen molar-refractivity contribution >= 4 is 5.82 Å². The number of anilines is 1. The molecule has 1 atom stereocenters. The molecule has 1 aliphatic heterocycles. The highest BCUT2D eigenvalue weighted by molar-refractivity contribution is 5.40. The molecule has 0 unspecified atom stereocenters. The monoisotopic (exact) mass is 376 g/mol. The predicted octanol–water partition coefficient (Wildman–Crippen LogP) is 3.17. The molecule has 0 aromatic carbocycles. The van der Waals surface area contributed by atoms with E-state index in [2.05, 4.69) is 57.8 Å². The van der Waals surface area contributed by atoms with Crippen LogP contribution in [0, 0.1) is 0 Å². The molecule has 6 heteroatoms. The van der Waals surface area contributed by atoms with Crippen LogP contribution in [0.3, 0.4) is 0 Å². The molecule has 0 amide bonds. The first-order valence-corrected chi connectivity index (χ1v) is 9.94. The standard InChI is InChI=1S/C22H28N6/c1-26(2)15-18-8-9-21(25-14-18)27-12-5-6-19(16-27)22-24-11-13-28(22)17-20-7-3-4-10-23-20/h3-4,7-11,13-14,19H,5-6,12,15-17H2,1-2H3/t19-/m0/s1. The molecule has 1 saturated heterocycles. The second-order valence-electron chi connectivity index (χ2n) is 7.78. The lowest BCUT2D eigenvalue weighted by Gasteiger charge is -2.33. The summed E-state index contributed by atoms with van der Waals surface area (Å²) >= 11 is 0. The molecule has 0 spiro atoms. The first-order chi connectivity index (χ1) is 13.7. The molecule has 0 bridgehead atoms. The van der Waals surface area contributed by atoms with Crippen molar-refractivity contribution in [1.82, 2.24) is 24.4 Å². The van der Waals surface area contributed by atoms with E-state index in [9.17, 15) is 0 Å². The van der Waals surface area contributed by atoms with Gasteiger partial charge in [0, 0.05) is 50.3 Å². The highest BCUT2D eigenvalue weighted by atomic mass is 15.2. The minimum absolute atomic E-state index is 0.413. The molecule has 0 aliphatic carbocycles. The van der Waals surface area contributed by atoms with Gasteiger partial charge in [-0.3, -0.25) is 4.98 Å². The zero-order valence-electron chi connectivity index (χ0n) is 16.7. The van der Waals surface area contributed by atoms with Gasteiger partial charge in [0.2, 0.25) is 0 Å². The number of hydrogen-bond acceptors (Lipinski definition) is 5. The van der Waals surface area contributed by atoms with Crippen LogP contribution < -0.4 is 4.90 Å². The van der Waals surface area contributed by atoms with Crippen molar-refractivity contribution in [2.75, 3.05) is 32.1 Å². The molecular formula is C22H28N6. The largest absolute Gasteiger partial charge is 0.356 e. The van der Waals surface area contributed by atoms with Crippen LogP contribution in [0.1, 0.15) is 35.8 Å². The SMILES string of the molecule is CN(C)Cc1ccc(N2CCC[C@H](c3nccn3Cc3ccccn3)C2)nc1. The number of hydrogen-bond donors (Lipinski definition) is 0. The summed E-state index contributed by atoms with van der Waals surface area (Å²) in [5.74, 6) is 2.63. The topological polar surface area (TPSA) is 50.1 Å². The third-order valence-corrected chi connectivity index (χ3v) is 5.22. The van der Waals surface area contributed by atoms with Gasteiger partial charge in [0.15, 0.2) is 0 Å². The van der Waals surface area contributed by atoms with Crippen molar-refractivity contribution in [3.8, 4) is 0 Å². The molecular weight excluding hydrogens is 348 g/mol. The Hall–Kier alpha value is -2.73. The van der Waals surface area contributed by atoms with E-state index in [0.29, 0.717) is 5.92 Å². The molecule has 1 fully saturated rings. The smallest absolute Gasteiger partial charge is 0.128 e. The van der Waals surface area contributed by atoms with Gasteiger partial charge in [0.05, 0.1) is 12.2 Å². The molecule has 4 heterocycles. The Bertz CT molecular complexity index is 872. The normalized spacial score (nSPS) is 17.2. The van der Waals surface area contributed by atoms with Crippen LogP contribution in [-0.2, 0) is 13.1 Å². The molecule has 0 saturated carbocycles. The third kappa shape index (κ3) is 4.39. The van der Waals surface area contributed by atoms with E-state index in [1.165, 1.54) is 5.56 Å². The van der Waals surface area contributed by atoms with Crippen molar-refractivity contribution in [1.29, 1.82) is 0 Å². The van der Waals surface area contributed by atoms with Gasteiger partial charge in [0.25, 0.3) is 0 Å². The number of aromatic nitrogens is 4. The first-order valence-electron chi connectivity index (χ1n) is 9.94. The molecule has 0 radical (unpaired) electrons. The first kappa shape index (κ1) is 18.6. The van der Waals surface area contributed by atoms with Crippen molar-refractivity contribution in [3.05, 3.63) is 72.2 Å². The number of imidazole rings is 1. The van der Waals surface area contributed by atoms with Crippen molar-refractivity contribution in [2.45, 2.75) is 31.8 Å². The highest BCUT2D eigenvalue weighted by Gasteiger charge is 2.25. The summed E-state index contributed by atoms with van der Waals surface area (Å²) in [4.78, 5) is 18.4. The quantitative estimate of drug-likeness (QED) is 0.661. The third-order valence-electron chi connectivity index (χ3n) is 5.22. The zero-order valence-corrected chi connectivity index (χ0v) is 16.7. The Kier molecular flexibility index (Phi) is 5.67. The van der Waals surface area contributed by atoms with Crippen LogP contribution in [-0.4, -0.2) is 51.6 Å². The Balaban J connectivity index is 1.46. The second-order valence-corrected chi connectivity index (χ2v) is 7.78. The molecule has 3 aromatic rings. The fourth-order valence-electron chi connectivity index (χ4n) is 3.94. The second kappa shape index (κ2) is 8.52. The van der Waals surface area contributed by atoms with E-state index < -0.39 is 0 Å². The number of piperidine rings is 1. The minimum atomic E-state index is 0.413. The Morgan fingerprint density at radius 1 is 1.07 bits per heavy atom. The maximum absolute atomic E-state index is 4.72. The average Bonchev–Trinajstić information content (AvgIpc) is 3.17. The summed E-state index contributed by atoms with van der Waals surface area (Å²) < 4.78 is 2.24. The lowest BCUT2D eigenvalue weighted by Crippen LogP contribution is -2.36. The molecule has 6 nitrogen and oxygen atoms in total. The Labute approximate surface area is 166 Å². The van der Waals surface area contributed by atoms with Gasteiger partial charge in [-0.05, 0) is 50.7 Å². The molecule has 146 valence electrons. The van der Waals surface area contributed by atoms with Crippen molar-refractivity contribution in [2.24, 2.45) is 0 Å². The van der Waals surface area contributed by atoms with Crippen LogP contribution in [0.25, 0.3) is 0 Å². The van der Waals surface area contributed by atoms with E-state index in [1.54, 1.807) is 0 Å². The predicted molar refractivity (Wildman–Crippen MR) is 111 cm³/mol. The van der Waals surface area contributed by atoms with Crippen LogP contribution in [0.4, 0.5) is 5.82 Å². The van der Waals surface area contributed by atoms with Gasteiger partial charge < -0.3 is 14.4 Å². The summed E-state index contributed by atoms with van der Waals surface area (Å²) in [7, 11) is 4.16. The van der Waals surface area contributed by atoms with Gasteiger partial charge >= 0.3 is 0 Å². The maximum atomic E-state index is 4.72. The van der Waals surface area contributed by atoms with E-state index in [4.69, 9.17) is 9.97 Å². The van der Waals surface area contributed by atoms with Crippen LogP contribution in [0.2, 0.25) is 0 Å². The van der Waals surface area contributed by atoms with Crippen molar-refractivity contribution < 1.29 is 0 Å². The number of pyridine rings is 2. The van der Waals surface area contributed by atoms with Crippen LogP contribution in [0.5, 0.6) is 0 Å².